The van der Waals surface area contributed by atoms with Crippen LogP contribution in [0.3, 0.4) is 0 Å². The average molecular weight is 581 g/mol. The fourth-order valence-corrected chi connectivity index (χ4v) is 5.18. The van der Waals surface area contributed by atoms with Crippen LogP contribution in [0.4, 0.5) is 0 Å². The summed E-state index contributed by atoms with van der Waals surface area (Å²) in [7, 11) is 0. The monoisotopic (exact) mass is 580 g/mol. The Morgan fingerprint density at radius 3 is 2.33 bits per heavy atom. The molecule has 3 aromatic heterocycles. The predicted molar refractivity (Wildman–Crippen MR) is 144 cm³/mol. The smallest absolute Gasteiger partial charge is 0.336 e. The topological polar surface area (TPSA) is 178 Å². The quantitative estimate of drug-likeness (QED) is 0.232. The molecule has 0 aliphatic carbocycles. The summed E-state index contributed by atoms with van der Waals surface area (Å²) in [5.41, 5.74) is -0.339. The Morgan fingerprint density at radius 1 is 1.07 bits per heavy atom. The minimum Gasteiger partial charge on any atom is -0.481 e. The minimum absolute atomic E-state index is 0.827. The lowest BCUT2D eigenvalue weighted by atomic mass is 9.96. The van der Waals surface area contributed by atoms with Crippen molar-refractivity contribution in [2.75, 3.05) is 39.4 Å². The lowest BCUT2D eigenvalue weighted by molar-refractivity contribution is -0.170. The van der Waals surface area contributed by atoms with Crippen molar-refractivity contribution in [2.45, 2.75) is 51.8 Å². The number of morpholine rings is 1. The predicted octanol–water partition coefficient (Wildman–Crippen LogP) is 2.08. The molecular weight excluding hydrogens is 544 g/mol. The van der Waals surface area contributed by atoms with Gasteiger partial charge >= 0.3 is 17.9 Å². The SMILES string of the molecule is Cc1ccc(CN(CCCN2CCOCC2)Cc2c(C)nc3sccn23)o1.O=C(O)CC(O)(CC(=O)O)C(=O)O. The Labute approximate surface area is 235 Å². The van der Waals surface area contributed by atoms with Crippen molar-refractivity contribution in [1.29, 1.82) is 0 Å². The number of ether oxygens (including phenoxy) is 1. The van der Waals surface area contributed by atoms with E-state index < -0.39 is 36.4 Å². The van der Waals surface area contributed by atoms with Gasteiger partial charge in [0, 0.05) is 37.8 Å². The molecule has 40 heavy (non-hydrogen) atoms. The minimum atomic E-state index is -2.74. The highest BCUT2D eigenvalue weighted by molar-refractivity contribution is 7.15. The molecule has 0 radical (unpaired) electrons. The Hall–Kier alpha value is -3.30. The van der Waals surface area contributed by atoms with Gasteiger partial charge in [-0.1, -0.05) is 0 Å². The molecule has 0 amide bonds. The number of hydrogen-bond acceptors (Lipinski definition) is 10. The van der Waals surface area contributed by atoms with Crippen LogP contribution >= 0.6 is 11.3 Å². The van der Waals surface area contributed by atoms with Crippen molar-refractivity contribution in [3.63, 3.8) is 0 Å². The van der Waals surface area contributed by atoms with Gasteiger partial charge in [-0.15, -0.1) is 11.3 Å². The number of hydrogen-bond donors (Lipinski definition) is 4. The summed E-state index contributed by atoms with van der Waals surface area (Å²) in [5.74, 6) is -3.02. The lowest BCUT2D eigenvalue weighted by Crippen LogP contribution is -2.42. The zero-order valence-corrected chi connectivity index (χ0v) is 23.4. The van der Waals surface area contributed by atoms with Gasteiger partial charge in [-0.25, -0.2) is 9.78 Å². The first kappa shape index (κ1) is 31.2. The van der Waals surface area contributed by atoms with Crippen molar-refractivity contribution in [3.05, 3.63) is 46.6 Å². The number of aliphatic carboxylic acids is 3. The summed E-state index contributed by atoms with van der Waals surface area (Å²) >= 11 is 1.69. The maximum Gasteiger partial charge on any atom is 0.336 e. The van der Waals surface area contributed by atoms with E-state index in [1.807, 2.05) is 13.0 Å². The van der Waals surface area contributed by atoms with Gasteiger partial charge in [-0.2, -0.15) is 0 Å². The Bertz CT molecular complexity index is 1260. The molecule has 0 atom stereocenters. The summed E-state index contributed by atoms with van der Waals surface area (Å²) in [4.78, 5) is 41.2. The van der Waals surface area contributed by atoms with E-state index in [1.165, 1.54) is 5.69 Å². The van der Waals surface area contributed by atoms with E-state index in [2.05, 4.69) is 38.8 Å². The van der Waals surface area contributed by atoms with E-state index in [0.29, 0.717) is 0 Å². The Morgan fingerprint density at radius 2 is 1.75 bits per heavy atom. The molecule has 0 aromatic carbocycles. The molecule has 0 unspecified atom stereocenters. The number of carboxylic acids is 3. The second-order valence-corrected chi connectivity index (χ2v) is 10.6. The zero-order chi connectivity index (χ0) is 29.3. The molecule has 14 heteroatoms. The summed E-state index contributed by atoms with van der Waals surface area (Å²) in [5, 5.41) is 35.9. The molecule has 4 heterocycles. The fourth-order valence-electron chi connectivity index (χ4n) is 4.40. The van der Waals surface area contributed by atoms with Crippen molar-refractivity contribution in [2.24, 2.45) is 0 Å². The van der Waals surface area contributed by atoms with Crippen LogP contribution in [0.5, 0.6) is 0 Å². The number of fused-ring (bicyclic) bond motifs is 1. The number of rotatable bonds is 13. The van der Waals surface area contributed by atoms with Gasteiger partial charge in [0.1, 0.15) is 11.5 Å². The third-order valence-corrected chi connectivity index (χ3v) is 7.20. The molecule has 220 valence electrons. The third kappa shape index (κ3) is 9.13. The second-order valence-electron chi connectivity index (χ2n) is 9.71. The van der Waals surface area contributed by atoms with Gasteiger partial charge in [-0.3, -0.25) is 23.8 Å². The molecule has 13 nitrogen and oxygen atoms in total. The number of thiazole rings is 1. The number of nitrogens with zero attached hydrogens (tertiary/aromatic N) is 4. The summed E-state index contributed by atoms with van der Waals surface area (Å²) in [6, 6.07) is 4.14. The summed E-state index contributed by atoms with van der Waals surface area (Å²) in [6.45, 7) is 11.8. The van der Waals surface area contributed by atoms with Crippen LogP contribution in [-0.4, -0.2) is 103 Å². The molecule has 0 spiro atoms. The van der Waals surface area contributed by atoms with Gasteiger partial charge in [-0.05, 0) is 38.9 Å². The zero-order valence-electron chi connectivity index (χ0n) is 22.6. The Kier molecular flexibility index (Phi) is 11.2. The number of aryl methyl sites for hydroxylation is 2. The highest BCUT2D eigenvalue weighted by Crippen LogP contribution is 2.20. The van der Waals surface area contributed by atoms with Crippen molar-refractivity contribution >= 4 is 34.2 Å². The Balaban J connectivity index is 0.000000289. The molecule has 4 N–H and O–H groups in total. The van der Waals surface area contributed by atoms with Gasteiger partial charge in [0.05, 0.1) is 44.0 Å². The van der Waals surface area contributed by atoms with Gasteiger partial charge in [0.2, 0.25) is 0 Å². The molecule has 4 rings (SSSR count). The highest BCUT2D eigenvalue weighted by atomic mass is 32.1. The maximum absolute atomic E-state index is 10.3. The van der Waals surface area contributed by atoms with E-state index >= 15 is 0 Å². The van der Waals surface area contributed by atoms with Gasteiger partial charge in [0.15, 0.2) is 10.6 Å². The lowest BCUT2D eigenvalue weighted by Gasteiger charge is -2.28. The number of imidazole rings is 1. The van der Waals surface area contributed by atoms with Crippen LogP contribution in [0.2, 0.25) is 0 Å². The molecular formula is C26H36N4O9S. The maximum atomic E-state index is 10.3. The normalized spacial score (nSPS) is 14.3. The standard InChI is InChI=1S/C20H28N4O2S.C6H8O7/c1-16-4-5-18(26-16)14-23(7-3-6-22-8-11-25-12-9-22)15-19-17(2)21-20-24(19)10-13-27-20;7-3(8)1-6(13,5(11)12)2-4(9)10/h4-5,10,13H,3,6-9,11-12,14-15H2,1-2H3;13H,1-2H2,(H,7,8)(H,9,10)(H,11,12). The van der Waals surface area contributed by atoms with Crippen LogP contribution < -0.4 is 0 Å². The van der Waals surface area contributed by atoms with E-state index in [-0.39, 0.29) is 0 Å². The first-order valence-corrected chi connectivity index (χ1v) is 13.7. The van der Waals surface area contributed by atoms with Crippen molar-refractivity contribution in [1.82, 2.24) is 19.2 Å². The molecule has 1 aliphatic heterocycles. The average Bonchev–Trinajstić information content (AvgIpc) is 3.57. The number of carbonyl (C=O) groups is 3. The van der Waals surface area contributed by atoms with Crippen LogP contribution in [-0.2, 0) is 32.2 Å². The number of furan rings is 1. The van der Waals surface area contributed by atoms with E-state index in [1.54, 1.807) is 11.3 Å². The number of carboxylic acid groups (broad SMARTS) is 3. The third-order valence-electron chi connectivity index (χ3n) is 6.45. The second kappa shape index (κ2) is 14.4. The van der Waals surface area contributed by atoms with Crippen LogP contribution in [0.15, 0.2) is 28.1 Å². The largest absolute Gasteiger partial charge is 0.481 e. The molecule has 1 aliphatic rings. The number of aromatic nitrogens is 2. The van der Waals surface area contributed by atoms with E-state index in [9.17, 15) is 14.4 Å². The first-order chi connectivity index (χ1) is 19.0. The van der Waals surface area contributed by atoms with Crippen LogP contribution in [0.1, 0.15) is 42.2 Å². The molecule has 1 saturated heterocycles. The van der Waals surface area contributed by atoms with E-state index in [0.717, 1.165) is 81.1 Å². The summed E-state index contributed by atoms with van der Waals surface area (Å²) in [6.07, 6.45) is 0.978. The van der Waals surface area contributed by atoms with Gasteiger partial charge < -0.3 is 29.6 Å². The van der Waals surface area contributed by atoms with Crippen LogP contribution in [0.25, 0.3) is 4.96 Å². The molecule has 3 aromatic rings. The van der Waals surface area contributed by atoms with Crippen molar-refractivity contribution < 1.29 is 44.0 Å². The molecule has 1 fully saturated rings. The van der Waals surface area contributed by atoms with E-state index in [4.69, 9.17) is 34.6 Å². The van der Waals surface area contributed by atoms with Crippen molar-refractivity contribution in [3.8, 4) is 0 Å². The van der Waals surface area contributed by atoms with Gasteiger partial charge in [0.25, 0.3) is 0 Å². The number of aliphatic hydroxyl groups is 1. The summed E-state index contributed by atoms with van der Waals surface area (Å²) < 4.78 is 13.5. The van der Waals surface area contributed by atoms with Crippen LogP contribution in [0, 0.1) is 13.8 Å². The molecule has 0 saturated carbocycles. The fraction of sp³-hybridized carbons (Fsp3) is 0.538. The highest BCUT2D eigenvalue weighted by Gasteiger charge is 2.40. The molecule has 0 bridgehead atoms. The first-order valence-electron chi connectivity index (χ1n) is 12.8.